The Balaban J connectivity index is 0.00000364. The lowest BCUT2D eigenvalue weighted by Crippen LogP contribution is -2.47. The van der Waals surface area contributed by atoms with Crippen LogP contribution in [0.4, 0.5) is 0 Å². The normalized spacial score (nSPS) is 18.7. The van der Waals surface area contributed by atoms with Crippen LogP contribution in [0, 0.1) is 5.92 Å². The predicted molar refractivity (Wildman–Crippen MR) is 113 cm³/mol. The zero-order valence-corrected chi connectivity index (χ0v) is 18.6. The number of amides is 1. The number of carbonyl (C=O) groups is 1. The molecule has 1 aliphatic rings. The summed E-state index contributed by atoms with van der Waals surface area (Å²) in [6, 6.07) is 0. The van der Waals surface area contributed by atoms with Gasteiger partial charge < -0.3 is 25.2 Å². The van der Waals surface area contributed by atoms with Crippen molar-refractivity contribution in [1.82, 2.24) is 20.4 Å². The maximum Gasteiger partial charge on any atom is 0.248 e. The number of nitrogens with zero attached hydrogens (tertiary/aromatic N) is 4. The number of hydrogen-bond donors (Lipinski definition) is 2. The molecule has 1 amide bonds. The Morgan fingerprint density at radius 3 is 2.96 bits per heavy atom. The number of aliphatic imine (C=N–C) groups is 1. The van der Waals surface area contributed by atoms with Crippen molar-refractivity contribution in [3.8, 4) is 0 Å². The number of piperidine rings is 1. The lowest BCUT2D eigenvalue weighted by atomic mass is 9.95. The Kier molecular flexibility index (Phi) is 10.6. The van der Waals surface area contributed by atoms with Gasteiger partial charge in [0, 0.05) is 32.7 Å². The van der Waals surface area contributed by atoms with Crippen molar-refractivity contribution >= 4 is 35.8 Å². The topological polar surface area (TPSA) is 119 Å². The van der Waals surface area contributed by atoms with Gasteiger partial charge in [-0.25, -0.2) is 4.99 Å². The van der Waals surface area contributed by atoms with E-state index in [1.54, 1.807) is 0 Å². The number of primary amides is 1. The smallest absolute Gasteiger partial charge is 0.248 e. The van der Waals surface area contributed by atoms with Gasteiger partial charge in [0.15, 0.2) is 11.8 Å². The summed E-state index contributed by atoms with van der Waals surface area (Å²) in [4.78, 5) is 22.3. The number of aromatic nitrogens is 2. The Bertz CT molecular complexity index is 609. The number of ether oxygens (including phenoxy) is 1. The summed E-state index contributed by atoms with van der Waals surface area (Å²) in [7, 11) is 0. The van der Waals surface area contributed by atoms with Crippen molar-refractivity contribution in [2.24, 2.45) is 16.6 Å². The van der Waals surface area contributed by atoms with Crippen LogP contribution >= 0.6 is 24.0 Å². The first-order valence-electron chi connectivity index (χ1n) is 9.29. The highest BCUT2D eigenvalue weighted by molar-refractivity contribution is 14.0. The van der Waals surface area contributed by atoms with Crippen molar-refractivity contribution in [3.05, 3.63) is 11.7 Å². The van der Waals surface area contributed by atoms with Gasteiger partial charge >= 0.3 is 0 Å². The number of rotatable bonds is 8. The highest BCUT2D eigenvalue weighted by atomic mass is 127. The van der Waals surface area contributed by atoms with Gasteiger partial charge in [0.1, 0.15) is 12.6 Å². The first-order chi connectivity index (χ1) is 12.5. The molecule has 0 saturated carbocycles. The summed E-state index contributed by atoms with van der Waals surface area (Å²) in [5.41, 5.74) is 5.35. The van der Waals surface area contributed by atoms with Crippen LogP contribution in [0.2, 0.25) is 0 Å². The molecule has 10 heteroatoms. The molecule has 1 saturated heterocycles. The molecule has 27 heavy (non-hydrogen) atoms. The minimum Gasteiger partial charge on any atom is -0.371 e. The van der Waals surface area contributed by atoms with E-state index >= 15 is 0 Å². The number of hydrogen-bond acceptors (Lipinski definition) is 6. The van der Waals surface area contributed by atoms with Crippen LogP contribution in [-0.2, 0) is 16.1 Å². The van der Waals surface area contributed by atoms with Crippen LogP contribution in [0.5, 0.6) is 0 Å². The van der Waals surface area contributed by atoms with Crippen LogP contribution < -0.4 is 11.1 Å². The second kappa shape index (κ2) is 12.1. The molecule has 9 nitrogen and oxygen atoms in total. The molecular formula is C17H31IN6O3. The maximum absolute atomic E-state index is 11.2. The van der Waals surface area contributed by atoms with Gasteiger partial charge in [-0.15, -0.1) is 24.0 Å². The Morgan fingerprint density at radius 1 is 1.52 bits per heavy atom. The number of carbonyl (C=O) groups excluding carboxylic acids is 1. The molecule has 2 heterocycles. The zero-order chi connectivity index (χ0) is 18.9. The maximum atomic E-state index is 11.2. The summed E-state index contributed by atoms with van der Waals surface area (Å²) in [6.45, 7) is 9.15. The lowest BCUT2D eigenvalue weighted by Gasteiger charge is -2.34. The van der Waals surface area contributed by atoms with E-state index in [1.165, 1.54) is 0 Å². The standard InChI is InChI=1S/C17H30N6O3.HI/c1-4-19-17(23-8-6-7-13(11-23)9-14(18)24)20-10-15-21-16(22-26-15)12(3)25-5-2;/h12-13H,4-11H2,1-3H3,(H2,18,24)(H,19,20);1H. The van der Waals surface area contributed by atoms with Crippen molar-refractivity contribution < 1.29 is 14.1 Å². The van der Waals surface area contributed by atoms with Gasteiger partial charge in [-0.2, -0.15) is 4.98 Å². The molecule has 0 aromatic carbocycles. The summed E-state index contributed by atoms with van der Waals surface area (Å²) >= 11 is 0. The van der Waals surface area contributed by atoms with Crippen molar-refractivity contribution in [3.63, 3.8) is 0 Å². The summed E-state index contributed by atoms with van der Waals surface area (Å²) in [5.74, 6) is 1.79. The number of likely N-dealkylation sites (tertiary alicyclic amines) is 1. The summed E-state index contributed by atoms with van der Waals surface area (Å²) in [6.07, 6.45) is 2.24. The highest BCUT2D eigenvalue weighted by Gasteiger charge is 2.23. The van der Waals surface area contributed by atoms with Crippen LogP contribution in [0.3, 0.4) is 0 Å². The number of nitrogens with one attached hydrogen (secondary N) is 1. The van der Waals surface area contributed by atoms with Crippen molar-refractivity contribution in [2.75, 3.05) is 26.2 Å². The Labute approximate surface area is 177 Å². The fourth-order valence-electron chi connectivity index (χ4n) is 3.10. The molecule has 2 atom stereocenters. The third-order valence-corrected chi connectivity index (χ3v) is 4.27. The molecule has 1 aliphatic heterocycles. The van der Waals surface area contributed by atoms with Crippen LogP contribution in [0.25, 0.3) is 0 Å². The fraction of sp³-hybridized carbons (Fsp3) is 0.765. The van der Waals surface area contributed by atoms with Gasteiger partial charge in [0.25, 0.3) is 0 Å². The van der Waals surface area contributed by atoms with Crippen LogP contribution in [0.15, 0.2) is 9.52 Å². The van der Waals surface area contributed by atoms with E-state index in [4.69, 9.17) is 15.0 Å². The quantitative estimate of drug-likeness (QED) is 0.322. The lowest BCUT2D eigenvalue weighted by molar-refractivity contribution is -0.119. The monoisotopic (exact) mass is 494 g/mol. The third-order valence-electron chi connectivity index (χ3n) is 4.27. The molecule has 0 aliphatic carbocycles. The molecule has 1 aromatic rings. The average molecular weight is 494 g/mol. The molecule has 3 N–H and O–H groups in total. The van der Waals surface area contributed by atoms with E-state index in [-0.39, 0.29) is 41.9 Å². The largest absolute Gasteiger partial charge is 0.371 e. The molecule has 1 fully saturated rings. The number of halogens is 1. The fourth-order valence-corrected chi connectivity index (χ4v) is 3.10. The van der Waals surface area contributed by atoms with Gasteiger partial charge in [0.2, 0.25) is 11.8 Å². The van der Waals surface area contributed by atoms with Gasteiger partial charge in [-0.05, 0) is 39.5 Å². The first kappa shape index (κ1) is 23.6. The molecule has 2 unspecified atom stereocenters. The van der Waals surface area contributed by atoms with Crippen molar-refractivity contribution in [2.45, 2.75) is 52.7 Å². The molecule has 0 radical (unpaired) electrons. The molecule has 0 spiro atoms. The van der Waals surface area contributed by atoms with E-state index in [2.05, 4.69) is 25.3 Å². The third kappa shape index (κ3) is 7.60. The van der Waals surface area contributed by atoms with E-state index in [0.717, 1.165) is 38.4 Å². The highest BCUT2D eigenvalue weighted by Crippen LogP contribution is 2.19. The van der Waals surface area contributed by atoms with Gasteiger partial charge in [0.05, 0.1) is 0 Å². The van der Waals surface area contributed by atoms with E-state index in [9.17, 15) is 4.79 Å². The number of nitrogens with two attached hydrogens (primary N) is 1. The molecule has 154 valence electrons. The second-order valence-corrected chi connectivity index (χ2v) is 6.44. The Morgan fingerprint density at radius 2 is 2.30 bits per heavy atom. The van der Waals surface area contributed by atoms with Crippen LogP contribution in [-0.4, -0.2) is 53.1 Å². The first-order valence-corrected chi connectivity index (χ1v) is 9.29. The summed E-state index contributed by atoms with van der Waals surface area (Å²) in [5, 5.41) is 7.24. The second-order valence-electron chi connectivity index (χ2n) is 6.44. The SMILES string of the molecule is CCNC(=NCc1nc(C(C)OCC)no1)N1CCCC(CC(N)=O)C1.I. The molecule has 0 bridgehead atoms. The number of guanidine groups is 1. The van der Waals surface area contributed by atoms with E-state index in [0.29, 0.717) is 31.3 Å². The van der Waals surface area contributed by atoms with E-state index in [1.807, 2.05) is 20.8 Å². The van der Waals surface area contributed by atoms with Gasteiger partial charge in [-0.1, -0.05) is 5.16 Å². The minimum absolute atomic E-state index is 0. The zero-order valence-electron chi connectivity index (χ0n) is 16.3. The van der Waals surface area contributed by atoms with Gasteiger partial charge in [-0.3, -0.25) is 4.79 Å². The molecular weight excluding hydrogens is 463 g/mol. The predicted octanol–water partition coefficient (Wildman–Crippen LogP) is 1.84. The Hall–Kier alpha value is -1.43. The minimum atomic E-state index is -0.249. The summed E-state index contributed by atoms with van der Waals surface area (Å²) < 4.78 is 10.7. The van der Waals surface area contributed by atoms with E-state index < -0.39 is 0 Å². The molecule has 1 aromatic heterocycles. The van der Waals surface area contributed by atoms with Crippen LogP contribution in [0.1, 0.15) is 57.9 Å². The molecule has 2 rings (SSSR count). The average Bonchev–Trinajstić information content (AvgIpc) is 3.07. The van der Waals surface area contributed by atoms with Crippen molar-refractivity contribution in [1.29, 1.82) is 0 Å².